The summed E-state index contributed by atoms with van der Waals surface area (Å²) in [7, 11) is 0. The van der Waals surface area contributed by atoms with Gasteiger partial charge in [0.1, 0.15) is 16.8 Å². The third-order valence-electron chi connectivity index (χ3n) is 3.66. The lowest BCUT2D eigenvalue weighted by atomic mass is 10.1. The van der Waals surface area contributed by atoms with Crippen LogP contribution in [0.15, 0.2) is 62.2 Å². The molecule has 0 spiro atoms. The van der Waals surface area contributed by atoms with E-state index in [1.54, 1.807) is 12.1 Å². The molecule has 0 bridgehead atoms. The Balaban J connectivity index is 1.75. The van der Waals surface area contributed by atoms with Gasteiger partial charge in [-0.2, -0.15) is 4.98 Å². The SMILES string of the molecule is CCc1cc(=O)oc2cc(Oc3nc4ccccc4o3)ccc12. The zero-order valence-corrected chi connectivity index (χ0v) is 12.4. The lowest BCUT2D eigenvalue weighted by molar-refractivity contribution is 0.343. The Hall–Kier alpha value is -3.08. The van der Waals surface area contributed by atoms with Crippen molar-refractivity contribution in [3.8, 4) is 11.8 Å². The number of aryl methyl sites for hydroxylation is 1. The minimum absolute atomic E-state index is 0.152. The predicted octanol–water partition coefficient (Wildman–Crippen LogP) is 4.29. The summed E-state index contributed by atoms with van der Waals surface area (Å²) in [6, 6.07) is 14.3. The largest absolute Gasteiger partial charge is 0.423 e. The Morgan fingerprint density at radius 2 is 1.91 bits per heavy atom. The topological polar surface area (TPSA) is 65.5 Å². The summed E-state index contributed by atoms with van der Waals surface area (Å²) in [6.07, 6.45) is 0.910. The number of hydrogen-bond donors (Lipinski definition) is 0. The molecule has 0 amide bonds. The summed E-state index contributed by atoms with van der Waals surface area (Å²) in [4.78, 5) is 15.9. The highest BCUT2D eigenvalue weighted by molar-refractivity contribution is 5.81. The van der Waals surface area contributed by atoms with E-state index in [2.05, 4.69) is 4.98 Å². The number of nitrogens with zero attached hydrogens (tertiary/aromatic N) is 1. The molecule has 2 heterocycles. The number of oxazole rings is 1. The highest BCUT2D eigenvalue weighted by atomic mass is 16.6. The zero-order valence-electron chi connectivity index (χ0n) is 12.4. The van der Waals surface area contributed by atoms with Crippen LogP contribution in [0.2, 0.25) is 0 Å². The fourth-order valence-corrected chi connectivity index (χ4v) is 2.56. The lowest BCUT2D eigenvalue weighted by Crippen LogP contribution is -1.99. The van der Waals surface area contributed by atoms with Crippen LogP contribution in [0.3, 0.4) is 0 Å². The number of aromatic nitrogens is 1. The van der Waals surface area contributed by atoms with E-state index in [-0.39, 0.29) is 11.7 Å². The molecular formula is C18H13NO4. The molecule has 0 fully saturated rings. The molecule has 0 unspecified atom stereocenters. The van der Waals surface area contributed by atoms with Crippen molar-refractivity contribution in [2.45, 2.75) is 13.3 Å². The van der Waals surface area contributed by atoms with Crippen LogP contribution in [0, 0.1) is 0 Å². The summed E-state index contributed by atoms with van der Waals surface area (Å²) in [5.74, 6) is 0.500. The van der Waals surface area contributed by atoms with Crippen LogP contribution < -0.4 is 10.4 Å². The van der Waals surface area contributed by atoms with Gasteiger partial charge in [0, 0.05) is 17.5 Å². The third kappa shape index (κ3) is 2.46. The Kier molecular flexibility index (Phi) is 3.12. The van der Waals surface area contributed by atoms with Crippen molar-refractivity contribution in [3.63, 3.8) is 0 Å². The van der Waals surface area contributed by atoms with Crippen molar-refractivity contribution in [1.29, 1.82) is 0 Å². The van der Waals surface area contributed by atoms with Crippen molar-refractivity contribution in [3.05, 3.63) is 64.5 Å². The second-order valence-electron chi connectivity index (χ2n) is 5.15. The van der Waals surface area contributed by atoms with Crippen LogP contribution in [0.25, 0.3) is 22.1 Å². The minimum Gasteiger partial charge on any atom is -0.423 e. The maximum Gasteiger partial charge on any atom is 0.400 e. The molecule has 0 aliphatic carbocycles. The van der Waals surface area contributed by atoms with Crippen LogP contribution in [0.1, 0.15) is 12.5 Å². The first-order valence-electron chi connectivity index (χ1n) is 7.33. The van der Waals surface area contributed by atoms with Crippen molar-refractivity contribution in [1.82, 2.24) is 4.98 Å². The summed E-state index contributed by atoms with van der Waals surface area (Å²) >= 11 is 0. The molecule has 0 aliphatic heterocycles. The summed E-state index contributed by atoms with van der Waals surface area (Å²) in [5, 5.41) is 0.900. The Morgan fingerprint density at radius 1 is 1.04 bits per heavy atom. The molecule has 4 aromatic rings. The van der Waals surface area contributed by atoms with Gasteiger partial charge in [-0.25, -0.2) is 4.79 Å². The van der Waals surface area contributed by atoms with Gasteiger partial charge in [-0.15, -0.1) is 0 Å². The molecule has 0 N–H and O–H groups in total. The van der Waals surface area contributed by atoms with E-state index in [1.807, 2.05) is 37.3 Å². The van der Waals surface area contributed by atoms with E-state index in [4.69, 9.17) is 13.6 Å². The molecule has 114 valence electrons. The van der Waals surface area contributed by atoms with Gasteiger partial charge in [0.05, 0.1) is 0 Å². The third-order valence-corrected chi connectivity index (χ3v) is 3.66. The van der Waals surface area contributed by atoms with Gasteiger partial charge in [0.15, 0.2) is 5.58 Å². The van der Waals surface area contributed by atoms with E-state index in [9.17, 15) is 4.79 Å². The maximum atomic E-state index is 11.6. The Bertz CT molecular complexity index is 1030. The monoisotopic (exact) mass is 307 g/mol. The summed E-state index contributed by atoms with van der Waals surface area (Å²) in [5.41, 5.74) is 2.45. The maximum absolute atomic E-state index is 11.6. The van der Waals surface area contributed by atoms with Crippen molar-refractivity contribution >= 4 is 22.1 Å². The van der Waals surface area contributed by atoms with E-state index in [1.165, 1.54) is 6.07 Å². The van der Waals surface area contributed by atoms with Gasteiger partial charge in [-0.05, 0) is 36.2 Å². The van der Waals surface area contributed by atoms with Crippen LogP contribution >= 0.6 is 0 Å². The Labute approximate surface area is 131 Å². The molecule has 0 atom stereocenters. The van der Waals surface area contributed by atoms with Gasteiger partial charge in [0.2, 0.25) is 0 Å². The highest BCUT2D eigenvalue weighted by Crippen LogP contribution is 2.28. The molecule has 0 aliphatic rings. The van der Waals surface area contributed by atoms with Crippen LogP contribution in [-0.2, 0) is 6.42 Å². The minimum atomic E-state index is -0.367. The first-order chi connectivity index (χ1) is 11.2. The quantitative estimate of drug-likeness (QED) is 0.528. The second kappa shape index (κ2) is 5.28. The number of hydrogen-bond acceptors (Lipinski definition) is 5. The van der Waals surface area contributed by atoms with Crippen LogP contribution in [0.5, 0.6) is 11.8 Å². The molecule has 0 saturated carbocycles. The molecule has 5 nitrogen and oxygen atoms in total. The van der Waals surface area contributed by atoms with Gasteiger partial charge in [-0.1, -0.05) is 19.1 Å². The lowest BCUT2D eigenvalue weighted by Gasteiger charge is -2.05. The number of benzene rings is 2. The summed E-state index contributed by atoms with van der Waals surface area (Å²) in [6.45, 7) is 2.00. The number of ether oxygens (including phenoxy) is 1. The van der Waals surface area contributed by atoms with Gasteiger partial charge >= 0.3 is 11.7 Å². The van der Waals surface area contributed by atoms with Crippen molar-refractivity contribution in [2.75, 3.05) is 0 Å². The molecule has 5 heteroatoms. The van der Waals surface area contributed by atoms with E-state index in [0.29, 0.717) is 16.9 Å². The van der Waals surface area contributed by atoms with E-state index >= 15 is 0 Å². The number of rotatable bonds is 3. The standard InChI is InChI=1S/C18H13NO4/c1-2-11-9-17(20)22-16-10-12(7-8-13(11)16)21-18-19-14-5-3-4-6-15(14)23-18/h3-10H,2H2,1H3. The van der Waals surface area contributed by atoms with Gasteiger partial charge in [0.25, 0.3) is 0 Å². The fraction of sp³-hybridized carbons (Fsp3) is 0.111. The van der Waals surface area contributed by atoms with Crippen molar-refractivity contribution in [2.24, 2.45) is 0 Å². The smallest absolute Gasteiger partial charge is 0.400 e. The number of para-hydroxylation sites is 2. The Morgan fingerprint density at radius 3 is 2.74 bits per heavy atom. The fourth-order valence-electron chi connectivity index (χ4n) is 2.56. The molecule has 23 heavy (non-hydrogen) atoms. The average molecular weight is 307 g/mol. The molecular weight excluding hydrogens is 294 g/mol. The molecule has 2 aromatic heterocycles. The van der Waals surface area contributed by atoms with Gasteiger partial charge < -0.3 is 13.6 Å². The average Bonchev–Trinajstić information content (AvgIpc) is 2.95. The summed E-state index contributed by atoms with van der Waals surface area (Å²) < 4.78 is 16.4. The normalized spacial score (nSPS) is 11.2. The second-order valence-corrected chi connectivity index (χ2v) is 5.15. The first-order valence-corrected chi connectivity index (χ1v) is 7.33. The zero-order chi connectivity index (χ0) is 15.8. The van der Waals surface area contributed by atoms with Crippen LogP contribution in [-0.4, -0.2) is 4.98 Å². The first kappa shape index (κ1) is 13.6. The molecule has 0 radical (unpaired) electrons. The van der Waals surface area contributed by atoms with E-state index in [0.717, 1.165) is 22.9 Å². The highest BCUT2D eigenvalue weighted by Gasteiger charge is 2.10. The predicted molar refractivity (Wildman–Crippen MR) is 85.9 cm³/mol. The van der Waals surface area contributed by atoms with Gasteiger partial charge in [-0.3, -0.25) is 0 Å². The van der Waals surface area contributed by atoms with Crippen molar-refractivity contribution < 1.29 is 13.6 Å². The van der Waals surface area contributed by atoms with Crippen LogP contribution in [0.4, 0.5) is 0 Å². The molecule has 0 saturated heterocycles. The van der Waals surface area contributed by atoms with E-state index < -0.39 is 0 Å². The molecule has 2 aromatic carbocycles. The number of fused-ring (bicyclic) bond motifs is 2. The molecule has 4 rings (SSSR count).